The summed E-state index contributed by atoms with van der Waals surface area (Å²) >= 11 is 0. The predicted molar refractivity (Wildman–Crippen MR) is 103 cm³/mol. The van der Waals surface area contributed by atoms with E-state index in [1.807, 2.05) is 40.1 Å². The molecule has 5 heteroatoms. The summed E-state index contributed by atoms with van der Waals surface area (Å²) in [7, 11) is 0. The van der Waals surface area contributed by atoms with Gasteiger partial charge in [-0.25, -0.2) is 0 Å². The molecule has 2 saturated heterocycles. The molecule has 3 fully saturated rings. The lowest BCUT2D eigenvalue weighted by Gasteiger charge is -2.45. The molecule has 1 aromatic rings. The fraction of sp³-hybridized carbons (Fsp3) is 0.636. The van der Waals surface area contributed by atoms with Gasteiger partial charge < -0.3 is 14.5 Å². The largest absolute Gasteiger partial charge is 0.356 e. The third-order valence-corrected chi connectivity index (χ3v) is 6.46. The molecule has 1 aliphatic carbocycles. The Morgan fingerprint density at radius 2 is 1.70 bits per heavy atom. The highest BCUT2D eigenvalue weighted by Gasteiger charge is 2.46. The van der Waals surface area contributed by atoms with Crippen molar-refractivity contribution in [3.63, 3.8) is 0 Å². The Kier molecular flexibility index (Phi) is 5.48. The molecule has 0 spiro atoms. The Labute approximate surface area is 161 Å². The summed E-state index contributed by atoms with van der Waals surface area (Å²) in [5.74, 6) is 0.737. The van der Waals surface area contributed by atoms with Gasteiger partial charge in [0.25, 0.3) is 5.91 Å². The molecule has 2 atom stereocenters. The van der Waals surface area contributed by atoms with E-state index in [1.165, 1.54) is 0 Å². The average Bonchev–Trinajstić information content (AvgIpc) is 3.23. The van der Waals surface area contributed by atoms with Crippen LogP contribution in [0.25, 0.3) is 0 Å². The zero-order valence-corrected chi connectivity index (χ0v) is 16.2. The van der Waals surface area contributed by atoms with E-state index in [4.69, 9.17) is 4.74 Å². The van der Waals surface area contributed by atoms with Crippen LogP contribution in [0.2, 0.25) is 0 Å². The Bertz CT molecular complexity index is 663. The van der Waals surface area contributed by atoms with Crippen LogP contribution in [0.5, 0.6) is 0 Å². The molecule has 4 rings (SSSR count). The summed E-state index contributed by atoms with van der Waals surface area (Å²) in [6.07, 6.45) is 5.84. The molecule has 0 unspecified atom stereocenters. The molecular weight excluding hydrogens is 340 g/mol. The number of amides is 2. The summed E-state index contributed by atoms with van der Waals surface area (Å²) in [5.41, 5.74) is 1.00. The molecule has 146 valence electrons. The van der Waals surface area contributed by atoms with Crippen LogP contribution in [0.4, 0.5) is 0 Å². The highest BCUT2D eigenvalue weighted by molar-refractivity contribution is 5.86. The Morgan fingerprint density at radius 1 is 1.04 bits per heavy atom. The van der Waals surface area contributed by atoms with Gasteiger partial charge in [0.2, 0.25) is 5.91 Å². The first-order valence-corrected chi connectivity index (χ1v) is 10.4. The lowest BCUT2D eigenvalue weighted by Crippen LogP contribution is -2.58. The molecular formula is C22H30N2O3. The van der Waals surface area contributed by atoms with Gasteiger partial charge in [0.1, 0.15) is 6.61 Å². The molecule has 0 N–H and O–H groups in total. The van der Waals surface area contributed by atoms with Gasteiger partial charge in [0, 0.05) is 19.1 Å². The molecule has 2 aliphatic heterocycles. The van der Waals surface area contributed by atoms with Crippen LogP contribution in [0, 0.1) is 5.92 Å². The van der Waals surface area contributed by atoms with E-state index in [-0.39, 0.29) is 30.5 Å². The van der Waals surface area contributed by atoms with Crippen LogP contribution in [0.1, 0.15) is 57.1 Å². The Hall–Kier alpha value is -1.88. The van der Waals surface area contributed by atoms with E-state index in [0.717, 1.165) is 57.2 Å². The maximum absolute atomic E-state index is 13.4. The second-order valence-corrected chi connectivity index (χ2v) is 8.33. The number of hydrogen-bond donors (Lipinski definition) is 0. The van der Waals surface area contributed by atoms with Crippen LogP contribution in [-0.4, -0.2) is 53.5 Å². The average molecular weight is 370 g/mol. The van der Waals surface area contributed by atoms with Gasteiger partial charge in [-0.3, -0.25) is 9.59 Å². The third-order valence-electron chi connectivity index (χ3n) is 6.46. The van der Waals surface area contributed by atoms with Crippen molar-refractivity contribution < 1.29 is 14.3 Å². The Balaban J connectivity index is 1.64. The van der Waals surface area contributed by atoms with Crippen molar-refractivity contribution in [2.24, 2.45) is 5.92 Å². The first-order chi connectivity index (χ1) is 13.1. The molecule has 27 heavy (non-hydrogen) atoms. The molecule has 5 nitrogen and oxygen atoms in total. The number of morpholine rings is 1. The van der Waals surface area contributed by atoms with E-state index < -0.39 is 6.10 Å². The maximum Gasteiger partial charge on any atom is 0.254 e. The number of ether oxygens (including phenoxy) is 1. The highest BCUT2D eigenvalue weighted by Crippen LogP contribution is 2.37. The van der Waals surface area contributed by atoms with Crippen LogP contribution in [0.15, 0.2) is 30.3 Å². The SMILES string of the molecule is CC1CCN(C(=O)[C@@H]2OCC(=O)N(C3CCCC3)[C@H]2c2ccccc2)CC1. The number of carbonyl (C=O) groups is 2. The minimum atomic E-state index is -0.598. The molecule has 0 radical (unpaired) electrons. The zero-order chi connectivity index (χ0) is 18.8. The normalized spacial score (nSPS) is 28.0. The summed E-state index contributed by atoms with van der Waals surface area (Å²) in [6.45, 7) is 3.84. The number of piperidine rings is 1. The lowest BCUT2D eigenvalue weighted by molar-refractivity contribution is -0.173. The van der Waals surface area contributed by atoms with Crippen molar-refractivity contribution in [3.05, 3.63) is 35.9 Å². The van der Waals surface area contributed by atoms with Crippen molar-refractivity contribution in [2.75, 3.05) is 19.7 Å². The third kappa shape index (κ3) is 3.75. The fourth-order valence-electron chi connectivity index (χ4n) is 4.84. The van der Waals surface area contributed by atoms with Crippen molar-refractivity contribution in [1.29, 1.82) is 0 Å². The van der Waals surface area contributed by atoms with E-state index in [9.17, 15) is 9.59 Å². The summed E-state index contributed by atoms with van der Waals surface area (Å²) in [4.78, 5) is 30.1. The maximum atomic E-state index is 13.4. The molecule has 1 aromatic carbocycles. The van der Waals surface area contributed by atoms with Gasteiger partial charge >= 0.3 is 0 Å². The monoisotopic (exact) mass is 370 g/mol. The Morgan fingerprint density at radius 3 is 2.37 bits per heavy atom. The minimum absolute atomic E-state index is 0.0144. The van der Waals surface area contributed by atoms with E-state index in [2.05, 4.69) is 6.92 Å². The van der Waals surface area contributed by atoms with Crippen LogP contribution in [-0.2, 0) is 14.3 Å². The summed E-state index contributed by atoms with van der Waals surface area (Å²) in [6, 6.07) is 9.88. The van der Waals surface area contributed by atoms with Crippen molar-refractivity contribution >= 4 is 11.8 Å². The lowest BCUT2D eigenvalue weighted by atomic mass is 9.93. The van der Waals surface area contributed by atoms with Gasteiger partial charge in [-0.05, 0) is 37.2 Å². The topological polar surface area (TPSA) is 49.9 Å². The highest BCUT2D eigenvalue weighted by atomic mass is 16.5. The van der Waals surface area contributed by atoms with Crippen LogP contribution >= 0.6 is 0 Å². The first kappa shape index (κ1) is 18.5. The van der Waals surface area contributed by atoms with Gasteiger partial charge in [-0.15, -0.1) is 0 Å². The minimum Gasteiger partial charge on any atom is -0.356 e. The molecule has 0 aromatic heterocycles. The molecule has 2 amide bonds. The van der Waals surface area contributed by atoms with Gasteiger partial charge in [0.05, 0.1) is 6.04 Å². The smallest absolute Gasteiger partial charge is 0.254 e. The number of carbonyl (C=O) groups excluding carboxylic acids is 2. The van der Waals surface area contributed by atoms with E-state index in [0.29, 0.717) is 5.92 Å². The predicted octanol–water partition coefficient (Wildman–Crippen LogP) is 3.16. The summed E-state index contributed by atoms with van der Waals surface area (Å²) < 4.78 is 5.91. The number of benzene rings is 1. The molecule has 3 aliphatic rings. The van der Waals surface area contributed by atoms with Crippen LogP contribution in [0.3, 0.4) is 0 Å². The standard InChI is InChI=1S/C22H30N2O3/c1-16-11-13-23(14-12-16)22(26)21-20(17-7-3-2-4-8-17)24(19(25)15-27-21)18-9-5-6-10-18/h2-4,7-8,16,18,20-21H,5-6,9-15H2,1H3/t20-,21+/m0/s1. The van der Waals surface area contributed by atoms with Gasteiger partial charge in [-0.2, -0.15) is 0 Å². The van der Waals surface area contributed by atoms with Crippen molar-refractivity contribution in [2.45, 2.75) is 63.6 Å². The van der Waals surface area contributed by atoms with E-state index in [1.54, 1.807) is 0 Å². The second-order valence-electron chi connectivity index (χ2n) is 8.33. The van der Waals surface area contributed by atoms with Crippen molar-refractivity contribution in [1.82, 2.24) is 9.80 Å². The van der Waals surface area contributed by atoms with Crippen molar-refractivity contribution in [3.8, 4) is 0 Å². The number of rotatable bonds is 3. The van der Waals surface area contributed by atoms with E-state index >= 15 is 0 Å². The van der Waals surface area contributed by atoms with Gasteiger partial charge in [0.15, 0.2) is 6.10 Å². The number of hydrogen-bond acceptors (Lipinski definition) is 3. The van der Waals surface area contributed by atoms with Crippen LogP contribution < -0.4 is 0 Å². The van der Waals surface area contributed by atoms with Gasteiger partial charge in [-0.1, -0.05) is 50.1 Å². The number of likely N-dealkylation sites (tertiary alicyclic amines) is 1. The fourth-order valence-corrected chi connectivity index (χ4v) is 4.84. The first-order valence-electron chi connectivity index (χ1n) is 10.4. The number of nitrogens with zero attached hydrogens (tertiary/aromatic N) is 2. The molecule has 2 heterocycles. The molecule has 0 bridgehead atoms. The molecule has 1 saturated carbocycles. The quantitative estimate of drug-likeness (QED) is 0.821. The second kappa shape index (κ2) is 8.01. The zero-order valence-electron chi connectivity index (χ0n) is 16.2. The summed E-state index contributed by atoms with van der Waals surface area (Å²) in [5, 5.41) is 0.